The number of rotatable bonds is 8. The Morgan fingerprint density at radius 3 is 2.82 bits per heavy atom. The number of nitrogens with zero attached hydrogens (tertiary/aromatic N) is 2. The van der Waals surface area contributed by atoms with Gasteiger partial charge in [0.25, 0.3) is 0 Å². The maximum atomic E-state index is 5.04. The Bertz CT molecular complexity index is 300. The lowest BCUT2D eigenvalue weighted by atomic mass is 10.2. The molecule has 0 aliphatic carbocycles. The smallest absolute Gasteiger partial charge is 0.0589 e. The summed E-state index contributed by atoms with van der Waals surface area (Å²) in [4.78, 5) is 6.66. The molecule has 0 bridgehead atoms. The summed E-state index contributed by atoms with van der Waals surface area (Å²) in [5, 5.41) is 3.29. The Balaban J connectivity index is 2.39. The fourth-order valence-corrected chi connectivity index (χ4v) is 1.53. The van der Waals surface area contributed by atoms with Gasteiger partial charge in [-0.05, 0) is 25.2 Å². The van der Waals surface area contributed by atoms with Gasteiger partial charge in [0.1, 0.15) is 0 Å². The van der Waals surface area contributed by atoms with Crippen LogP contribution in [-0.2, 0) is 17.8 Å². The summed E-state index contributed by atoms with van der Waals surface area (Å²) in [6.07, 6.45) is 1.95. The molecule has 1 aromatic heterocycles. The van der Waals surface area contributed by atoms with Crippen molar-refractivity contribution in [3.8, 4) is 0 Å². The molecule has 0 spiro atoms. The van der Waals surface area contributed by atoms with Crippen LogP contribution in [-0.4, -0.2) is 43.7 Å². The van der Waals surface area contributed by atoms with Gasteiger partial charge in [0, 0.05) is 32.9 Å². The van der Waals surface area contributed by atoms with Gasteiger partial charge in [-0.25, -0.2) is 0 Å². The van der Waals surface area contributed by atoms with Crippen LogP contribution >= 0.6 is 0 Å². The molecule has 1 aromatic rings. The molecule has 1 heterocycles. The molecule has 17 heavy (non-hydrogen) atoms. The molecule has 0 unspecified atom stereocenters. The third-order valence-electron chi connectivity index (χ3n) is 2.57. The molecular formula is C13H23N3O. The van der Waals surface area contributed by atoms with Gasteiger partial charge in [-0.2, -0.15) is 0 Å². The average molecular weight is 237 g/mol. The quantitative estimate of drug-likeness (QED) is 0.739. The first-order valence-electron chi connectivity index (χ1n) is 6.08. The number of methoxy groups -OCH3 is 1. The summed E-state index contributed by atoms with van der Waals surface area (Å²) in [6, 6.07) is 4.23. The summed E-state index contributed by atoms with van der Waals surface area (Å²) in [6.45, 7) is 6.54. The van der Waals surface area contributed by atoms with E-state index in [0.29, 0.717) is 0 Å². The zero-order valence-corrected chi connectivity index (χ0v) is 11.1. The molecule has 4 nitrogen and oxygen atoms in total. The molecule has 0 atom stereocenters. The summed E-state index contributed by atoms with van der Waals surface area (Å²) >= 11 is 0. The van der Waals surface area contributed by atoms with Crippen molar-refractivity contribution in [1.82, 2.24) is 15.2 Å². The summed E-state index contributed by atoms with van der Waals surface area (Å²) in [5.41, 5.74) is 2.33. The van der Waals surface area contributed by atoms with Crippen LogP contribution in [0.4, 0.5) is 0 Å². The molecular weight excluding hydrogens is 214 g/mol. The van der Waals surface area contributed by atoms with E-state index < -0.39 is 0 Å². The topological polar surface area (TPSA) is 37.4 Å². The van der Waals surface area contributed by atoms with Crippen molar-refractivity contribution >= 4 is 0 Å². The van der Waals surface area contributed by atoms with E-state index in [1.807, 2.05) is 6.20 Å². The predicted octanol–water partition coefficient (Wildman–Crippen LogP) is 1.27. The number of hydrogen-bond acceptors (Lipinski definition) is 4. The molecule has 0 aliphatic rings. The van der Waals surface area contributed by atoms with E-state index in [4.69, 9.17) is 4.74 Å². The Labute approximate surface area is 104 Å². The molecule has 0 saturated heterocycles. The second kappa shape index (κ2) is 8.17. The van der Waals surface area contributed by atoms with Crippen LogP contribution < -0.4 is 5.32 Å². The van der Waals surface area contributed by atoms with Crippen molar-refractivity contribution in [3.05, 3.63) is 29.6 Å². The van der Waals surface area contributed by atoms with Gasteiger partial charge < -0.3 is 10.1 Å². The number of nitrogens with one attached hydrogen (secondary N) is 1. The van der Waals surface area contributed by atoms with E-state index in [-0.39, 0.29) is 0 Å². The second-order valence-electron chi connectivity index (χ2n) is 4.17. The van der Waals surface area contributed by atoms with Crippen LogP contribution in [0.15, 0.2) is 18.3 Å². The zero-order chi connectivity index (χ0) is 12.5. The largest absolute Gasteiger partial charge is 0.383 e. The minimum Gasteiger partial charge on any atom is -0.383 e. The van der Waals surface area contributed by atoms with Crippen molar-refractivity contribution in [2.45, 2.75) is 20.0 Å². The SMILES string of the molecule is CCNCc1ccc(CN(C)CCOC)nc1. The van der Waals surface area contributed by atoms with E-state index in [2.05, 4.69) is 41.3 Å². The minimum atomic E-state index is 0.759. The average Bonchev–Trinajstić information content (AvgIpc) is 2.35. The number of hydrogen-bond donors (Lipinski definition) is 1. The van der Waals surface area contributed by atoms with Crippen molar-refractivity contribution in [2.75, 3.05) is 33.9 Å². The lowest BCUT2D eigenvalue weighted by Gasteiger charge is -2.15. The van der Waals surface area contributed by atoms with Gasteiger partial charge in [-0.15, -0.1) is 0 Å². The lowest BCUT2D eigenvalue weighted by Crippen LogP contribution is -2.22. The van der Waals surface area contributed by atoms with Gasteiger partial charge in [0.2, 0.25) is 0 Å². The zero-order valence-electron chi connectivity index (χ0n) is 11.1. The molecule has 0 aliphatic heterocycles. The fraction of sp³-hybridized carbons (Fsp3) is 0.615. The highest BCUT2D eigenvalue weighted by atomic mass is 16.5. The molecule has 1 N–H and O–H groups in total. The third-order valence-corrected chi connectivity index (χ3v) is 2.57. The van der Waals surface area contributed by atoms with Crippen LogP contribution in [0, 0.1) is 0 Å². The van der Waals surface area contributed by atoms with Crippen molar-refractivity contribution in [2.24, 2.45) is 0 Å². The standard InChI is InChI=1S/C13H23N3O/c1-4-14-9-12-5-6-13(15-10-12)11-16(2)7-8-17-3/h5-6,10,14H,4,7-9,11H2,1-3H3. The summed E-state index contributed by atoms with van der Waals surface area (Å²) in [7, 11) is 3.80. The van der Waals surface area contributed by atoms with Gasteiger partial charge in [-0.3, -0.25) is 9.88 Å². The number of aromatic nitrogens is 1. The number of pyridine rings is 1. The number of ether oxygens (including phenoxy) is 1. The highest BCUT2D eigenvalue weighted by molar-refractivity contribution is 5.13. The van der Waals surface area contributed by atoms with Crippen molar-refractivity contribution in [3.63, 3.8) is 0 Å². The maximum Gasteiger partial charge on any atom is 0.0589 e. The molecule has 4 heteroatoms. The lowest BCUT2D eigenvalue weighted by molar-refractivity contribution is 0.158. The normalized spacial score (nSPS) is 11.1. The van der Waals surface area contributed by atoms with E-state index >= 15 is 0 Å². The highest BCUT2D eigenvalue weighted by Crippen LogP contribution is 2.02. The molecule has 0 saturated carbocycles. The minimum absolute atomic E-state index is 0.759. The Hall–Kier alpha value is -0.970. The van der Waals surface area contributed by atoms with E-state index in [9.17, 15) is 0 Å². The van der Waals surface area contributed by atoms with Crippen LogP contribution in [0.5, 0.6) is 0 Å². The maximum absolute atomic E-state index is 5.04. The Kier molecular flexibility index (Phi) is 6.77. The monoisotopic (exact) mass is 237 g/mol. The molecule has 0 aromatic carbocycles. The molecule has 96 valence electrons. The molecule has 1 rings (SSSR count). The molecule has 0 amide bonds. The summed E-state index contributed by atoms with van der Waals surface area (Å²) in [5.74, 6) is 0. The van der Waals surface area contributed by atoms with E-state index in [1.54, 1.807) is 7.11 Å². The van der Waals surface area contributed by atoms with Crippen molar-refractivity contribution in [1.29, 1.82) is 0 Å². The van der Waals surface area contributed by atoms with E-state index in [0.717, 1.165) is 38.5 Å². The second-order valence-corrected chi connectivity index (χ2v) is 4.17. The number of likely N-dealkylation sites (N-methyl/N-ethyl adjacent to an activating group) is 1. The van der Waals surface area contributed by atoms with Gasteiger partial charge in [0.15, 0.2) is 0 Å². The van der Waals surface area contributed by atoms with Gasteiger partial charge in [-0.1, -0.05) is 13.0 Å². The Morgan fingerprint density at radius 1 is 1.41 bits per heavy atom. The van der Waals surface area contributed by atoms with Gasteiger partial charge >= 0.3 is 0 Å². The Morgan fingerprint density at radius 2 is 2.24 bits per heavy atom. The van der Waals surface area contributed by atoms with Crippen LogP contribution in [0.2, 0.25) is 0 Å². The predicted molar refractivity (Wildman–Crippen MR) is 69.8 cm³/mol. The van der Waals surface area contributed by atoms with Crippen molar-refractivity contribution < 1.29 is 4.74 Å². The first-order chi connectivity index (χ1) is 8.26. The van der Waals surface area contributed by atoms with Crippen LogP contribution in [0.25, 0.3) is 0 Å². The van der Waals surface area contributed by atoms with Gasteiger partial charge in [0.05, 0.1) is 12.3 Å². The van der Waals surface area contributed by atoms with Crippen LogP contribution in [0.1, 0.15) is 18.2 Å². The molecule has 0 fully saturated rings. The van der Waals surface area contributed by atoms with Crippen LogP contribution in [0.3, 0.4) is 0 Å². The van der Waals surface area contributed by atoms with E-state index in [1.165, 1.54) is 5.56 Å². The first-order valence-corrected chi connectivity index (χ1v) is 6.08. The highest BCUT2D eigenvalue weighted by Gasteiger charge is 2.01. The fourth-order valence-electron chi connectivity index (χ4n) is 1.53. The molecule has 0 radical (unpaired) electrons. The first kappa shape index (κ1) is 14.1. The summed E-state index contributed by atoms with van der Waals surface area (Å²) < 4.78 is 5.04. The third kappa shape index (κ3) is 5.77.